The van der Waals surface area contributed by atoms with Crippen molar-refractivity contribution in [1.82, 2.24) is 9.62 Å². The second kappa shape index (κ2) is 9.34. The molecular formula is C19H30N2O3S. The van der Waals surface area contributed by atoms with Crippen molar-refractivity contribution in [3.8, 4) is 0 Å². The molecule has 1 fully saturated rings. The molecule has 1 aliphatic carbocycles. The fourth-order valence-electron chi connectivity index (χ4n) is 3.42. The number of hydrogen-bond acceptors (Lipinski definition) is 3. The molecule has 0 heterocycles. The van der Waals surface area contributed by atoms with Crippen molar-refractivity contribution in [2.75, 3.05) is 13.1 Å². The normalized spacial score (nSPS) is 16.1. The number of benzene rings is 1. The van der Waals surface area contributed by atoms with Crippen LogP contribution < -0.4 is 5.32 Å². The summed E-state index contributed by atoms with van der Waals surface area (Å²) in [6.45, 7) is 5.02. The molecule has 0 bridgehead atoms. The van der Waals surface area contributed by atoms with E-state index in [1.165, 1.54) is 23.6 Å². The number of nitrogens with one attached hydrogen (secondary N) is 1. The summed E-state index contributed by atoms with van der Waals surface area (Å²) >= 11 is 0. The zero-order valence-electron chi connectivity index (χ0n) is 15.3. The van der Waals surface area contributed by atoms with E-state index in [1.54, 1.807) is 24.3 Å². The Balaban J connectivity index is 1.88. The van der Waals surface area contributed by atoms with Crippen LogP contribution in [0.5, 0.6) is 0 Å². The van der Waals surface area contributed by atoms with Crippen molar-refractivity contribution >= 4 is 15.9 Å². The Morgan fingerprint density at radius 2 is 1.68 bits per heavy atom. The molecule has 5 nitrogen and oxygen atoms in total. The van der Waals surface area contributed by atoms with Crippen molar-refractivity contribution in [3.05, 3.63) is 29.8 Å². The van der Waals surface area contributed by atoms with Gasteiger partial charge in [-0.2, -0.15) is 4.31 Å². The van der Waals surface area contributed by atoms with Crippen molar-refractivity contribution < 1.29 is 13.2 Å². The summed E-state index contributed by atoms with van der Waals surface area (Å²) in [5, 5.41) is 2.95. The molecule has 1 aromatic carbocycles. The van der Waals surface area contributed by atoms with Gasteiger partial charge >= 0.3 is 0 Å². The first kappa shape index (κ1) is 19.9. The summed E-state index contributed by atoms with van der Waals surface area (Å²) in [4.78, 5) is 12.4. The van der Waals surface area contributed by atoms with Gasteiger partial charge in [0.1, 0.15) is 0 Å². The first-order valence-electron chi connectivity index (χ1n) is 9.33. The van der Waals surface area contributed by atoms with Crippen LogP contribution in [0.3, 0.4) is 0 Å². The quantitative estimate of drug-likeness (QED) is 0.767. The van der Waals surface area contributed by atoms with Gasteiger partial charge in [0.25, 0.3) is 0 Å². The number of rotatable bonds is 8. The molecule has 0 saturated heterocycles. The lowest BCUT2D eigenvalue weighted by Gasteiger charge is -2.21. The Kier molecular flexibility index (Phi) is 7.44. The molecular weight excluding hydrogens is 336 g/mol. The fourth-order valence-corrected chi connectivity index (χ4v) is 4.88. The van der Waals surface area contributed by atoms with E-state index in [0.29, 0.717) is 36.9 Å². The zero-order chi connectivity index (χ0) is 18.3. The first-order chi connectivity index (χ1) is 12.0. The molecule has 25 heavy (non-hydrogen) atoms. The van der Waals surface area contributed by atoms with Gasteiger partial charge in [-0.05, 0) is 36.5 Å². The Morgan fingerprint density at radius 3 is 2.24 bits per heavy atom. The van der Waals surface area contributed by atoms with Crippen LogP contribution in [0.15, 0.2) is 29.2 Å². The van der Waals surface area contributed by atoms with E-state index in [1.807, 2.05) is 13.8 Å². The number of carbonyl (C=O) groups is 1. The van der Waals surface area contributed by atoms with Gasteiger partial charge in [-0.1, -0.05) is 45.2 Å². The van der Waals surface area contributed by atoms with Crippen LogP contribution in [0.1, 0.15) is 57.9 Å². The van der Waals surface area contributed by atoms with Gasteiger partial charge < -0.3 is 5.32 Å². The Hall–Kier alpha value is -1.40. The second-order valence-electron chi connectivity index (χ2n) is 6.72. The van der Waals surface area contributed by atoms with Crippen LogP contribution in [-0.2, 0) is 21.4 Å². The standard InChI is InChI=1S/C19H30N2O3S/c1-3-21(4-2)25(23,24)18-12-10-17(11-13-18)15-20-19(22)14-16-8-6-5-7-9-16/h10-13,16H,3-9,14-15H2,1-2H3,(H,20,22). The van der Waals surface area contributed by atoms with Crippen molar-refractivity contribution in [3.63, 3.8) is 0 Å². The smallest absolute Gasteiger partial charge is 0.243 e. The monoisotopic (exact) mass is 366 g/mol. The second-order valence-corrected chi connectivity index (χ2v) is 8.66. The highest BCUT2D eigenvalue weighted by molar-refractivity contribution is 7.89. The van der Waals surface area contributed by atoms with Gasteiger partial charge in [-0.25, -0.2) is 8.42 Å². The highest BCUT2D eigenvalue weighted by atomic mass is 32.2. The zero-order valence-corrected chi connectivity index (χ0v) is 16.1. The van der Waals surface area contributed by atoms with Crippen LogP contribution in [0.25, 0.3) is 0 Å². The average Bonchev–Trinajstić information content (AvgIpc) is 2.62. The maximum Gasteiger partial charge on any atom is 0.243 e. The largest absolute Gasteiger partial charge is 0.352 e. The van der Waals surface area contributed by atoms with Crippen LogP contribution in [0.4, 0.5) is 0 Å². The van der Waals surface area contributed by atoms with E-state index in [2.05, 4.69) is 5.32 Å². The van der Waals surface area contributed by atoms with Gasteiger partial charge in [-0.15, -0.1) is 0 Å². The molecule has 0 aliphatic heterocycles. The van der Waals surface area contributed by atoms with E-state index in [9.17, 15) is 13.2 Å². The highest BCUT2D eigenvalue weighted by Crippen LogP contribution is 2.26. The summed E-state index contributed by atoms with van der Waals surface area (Å²) in [7, 11) is -3.42. The summed E-state index contributed by atoms with van der Waals surface area (Å²) in [5.41, 5.74) is 0.912. The molecule has 0 unspecified atom stereocenters. The maximum atomic E-state index is 12.4. The van der Waals surface area contributed by atoms with Gasteiger partial charge in [0.2, 0.25) is 15.9 Å². The molecule has 1 saturated carbocycles. The lowest BCUT2D eigenvalue weighted by molar-refractivity contribution is -0.122. The van der Waals surface area contributed by atoms with Crippen LogP contribution in [0, 0.1) is 5.92 Å². The molecule has 140 valence electrons. The molecule has 0 atom stereocenters. The highest BCUT2D eigenvalue weighted by Gasteiger charge is 2.21. The summed E-state index contributed by atoms with van der Waals surface area (Å²) in [5.74, 6) is 0.613. The van der Waals surface area contributed by atoms with Gasteiger partial charge in [-0.3, -0.25) is 4.79 Å². The lowest BCUT2D eigenvalue weighted by Crippen LogP contribution is -2.30. The Morgan fingerprint density at radius 1 is 1.08 bits per heavy atom. The third-order valence-corrected chi connectivity index (χ3v) is 7.02. The van der Waals surface area contributed by atoms with Crippen LogP contribution in [-0.4, -0.2) is 31.7 Å². The molecule has 1 N–H and O–H groups in total. The third kappa shape index (κ3) is 5.54. The van der Waals surface area contributed by atoms with Crippen LogP contribution >= 0.6 is 0 Å². The predicted molar refractivity (Wildman–Crippen MR) is 99.6 cm³/mol. The van der Waals surface area contributed by atoms with Gasteiger partial charge in [0.05, 0.1) is 4.90 Å². The lowest BCUT2D eigenvalue weighted by atomic mass is 9.87. The SMILES string of the molecule is CCN(CC)S(=O)(=O)c1ccc(CNC(=O)CC2CCCCC2)cc1. The molecule has 1 aromatic rings. The Labute approximate surface area is 151 Å². The minimum absolute atomic E-state index is 0.0896. The predicted octanol–water partition coefficient (Wildman–Crippen LogP) is 3.30. The number of carbonyl (C=O) groups excluding carboxylic acids is 1. The summed E-state index contributed by atoms with van der Waals surface area (Å²) < 4.78 is 26.3. The van der Waals surface area contributed by atoms with E-state index in [0.717, 1.165) is 18.4 Å². The summed E-state index contributed by atoms with van der Waals surface area (Å²) in [6, 6.07) is 6.79. The third-order valence-electron chi connectivity index (χ3n) is 4.96. The van der Waals surface area contributed by atoms with Crippen molar-refractivity contribution in [1.29, 1.82) is 0 Å². The van der Waals surface area contributed by atoms with Gasteiger partial charge in [0.15, 0.2) is 0 Å². The minimum atomic E-state index is -3.42. The molecule has 0 radical (unpaired) electrons. The molecule has 1 amide bonds. The number of nitrogens with zero attached hydrogens (tertiary/aromatic N) is 1. The number of sulfonamides is 1. The Bertz CT molecular complexity index is 646. The topological polar surface area (TPSA) is 66.5 Å². The van der Waals surface area contributed by atoms with Crippen molar-refractivity contribution in [2.45, 2.75) is 63.8 Å². The molecule has 6 heteroatoms. The number of amides is 1. The average molecular weight is 367 g/mol. The first-order valence-corrected chi connectivity index (χ1v) is 10.8. The minimum Gasteiger partial charge on any atom is -0.352 e. The molecule has 2 rings (SSSR count). The van der Waals surface area contributed by atoms with Crippen molar-refractivity contribution in [2.24, 2.45) is 5.92 Å². The van der Waals surface area contributed by atoms with E-state index in [4.69, 9.17) is 0 Å². The fraction of sp³-hybridized carbons (Fsp3) is 0.632. The molecule has 1 aliphatic rings. The van der Waals surface area contributed by atoms with Crippen LogP contribution in [0.2, 0.25) is 0 Å². The van der Waals surface area contributed by atoms with E-state index in [-0.39, 0.29) is 5.91 Å². The van der Waals surface area contributed by atoms with E-state index < -0.39 is 10.0 Å². The summed E-state index contributed by atoms with van der Waals surface area (Å²) in [6.07, 6.45) is 6.69. The van der Waals surface area contributed by atoms with E-state index >= 15 is 0 Å². The maximum absolute atomic E-state index is 12.4. The molecule has 0 spiro atoms. The van der Waals surface area contributed by atoms with Gasteiger partial charge in [0, 0.05) is 26.1 Å². The molecule has 0 aromatic heterocycles. The number of hydrogen-bond donors (Lipinski definition) is 1.